The molecule has 1 amide bonds. The molecule has 1 aromatic rings. The van der Waals surface area contributed by atoms with Gasteiger partial charge in [-0.15, -0.1) is 0 Å². The van der Waals surface area contributed by atoms with Gasteiger partial charge in [-0.25, -0.2) is 0 Å². The van der Waals surface area contributed by atoms with E-state index in [0.717, 1.165) is 12.2 Å². The lowest BCUT2D eigenvalue weighted by molar-refractivity contribution is -0.122. The van der Waals surface area contributed by atoms with Gasteiger partial charge in [0.05, 0.1) is 10.9 Å². The third-order valence-corrected chi connectivity index (χ3v) is 2.83. The number of halogens is 1. The van der Waals surface area contributed by atoms with Crippen molar-refractivity contribution in [1.82, 2.24) is 5.32 Å². The molecule has 1 rings (SSSR count). The van der Waals surface area contributed by atoms with Crippen LogP contribution in [0.15, 0.2) is 24.3 Å². The van der Waals surface area contributed by atoms with E-state index in [-0.39, 0.29) is 5.91 Å². The molecule has 0 unspecified atom stereocenters. The Morgan fingerprint density at radius 3 is 2.44 bits per heavy atom. The number of hydrogen-bond acceptors (Lipinski definition) is 2. The molecule has 0 heterocycles. The molecule has 0 aliphatic heterocycles. The normalized spacial score (nSPS) is 11.1. The van der Waals surface area contributed by atoms with Crippen LogP contribution in [-0.4, -0.2) is 23.4 Å². The van der Waals surface area contributed by atoms with Gasteiger partial charge in [0, 0.05) is 6.54 Å². The quantitative estimate of drug-likeness (QED) is 0.820. The maximum Gasteiger partial charge on any atom is 0.236 e. The van der Waals surface area contributed by atoms with Crippen molar-refractivity contribution in [3.05, 3.63) is 29.8 Å². The van der Waals surface area contributed by atoms with Crippen molar-refractivity contribution in [2.45, 2.75) is 31.5 Å². The smallest absolute Gasteiger partial charge is 0.236 e. The minimum absolute atomic E-state index is 0.00781. The summed E-state index contributed by atoms with van der Waals surface area (Å²) in [5.74, 6) is 0.889. The summed E-state index contributed by atoms with van der Waals surface area (Å²) < 4.78 is 4.86. The summed E-state index contributed by atoms with van der Waals surface area (Å²) in [6, 6.07) is 7.96. The predicted octanol–water partition coefficient (Wildman–Crippen LogP) is 2.92. The van der Waals surface area contributed by atoms with E-state index in [9.17, 15) is 4.79 Å². The minimum Gasteiger partial charge on any atom is -0.494 e. The van der Waals surface area contributed by atoms with Gasteiger partial charge in [0.25, 0.3) is 0 Å². The van der Waals surface area contributed by atoms with Crippen molar-refractivity contribution in [3.63, 3.8) is 0 Å². The van der Waals surface area contributed by atoms with E-state index in [1.165, 1.54) is 5.56 Å². The van der Waals surface area contributed by atoms with Crippen LogP contribution >= 0.6 is 15.9 Å². The first-order valence-corrected chi connectivity index (χ1v) is 6.91. The summed E-state index contributed by atoms with van der Waals surface area (Å²) in [5, 5.41) is 2.89. The van der Waals surface area contributed by atoms with Gasteiger partial charge in [0.2, 0.25) is 5.91 Å². The largest absolute Gasteiger partial charge is 0.494 e. The fourth-order valence-electron chi connectivity index (χ4n) is 1.45. The van der Waals surface area contributed by atoms with Crippen LogP contribution in [0.2, 0.25) is 0 Å². The molecule has 18 heavy (non-hydrogen) atoms. The van der Waals surface area contributed by atoms with Gasteiger partial charge >= 0.3 is 0 Å². The Morgan fingerprint density at radius 2 is 1.94 bits per heavy atom. The molecule has 4 heteroatoms. The van der Waals surface area contributed by atoms with Gasteiger partial charge < -0.3 is 10.1 Å². The minimum atomic E-state index is -0.508. The summed E-state index contributed by atoms with van der Waals surface area (Å²) in [7, 11) is 0. The van der Waals surface area contributed by atoms with Crippen LogP contribution in [0.25, 0.3) is 0 Å². The first kappa shape index (κ1) is 15.0. The van der Waals surface area contributed by atoms with E-state index in [1.54, 1.807) is 0 Å². The number of carbonyl (C=O) groups is 1. The number of rotatable bonds is 6. The van der Waals surface area contributed by atoms with Gasteiger partial charge in [-0.2, -0.15) is 0 Å². The van der Waals surface area contributed by atoms with E-state index in [1.807, 2.05) is 45.0 Å². The van der Waals surface area contributed by atoms with Crippen molar-refractivity contribution >= 4 is 21.8 Å². The van der Waals surface area contributed by atoms with Crippen molar-refractivity contribution in [2.24, 2.45) is 0 Å². The number of carbonyl (C=O) groups excluding carboxylic acids is 1. The number of hydrogen-bond donors (Lipinski definition) is 1. The van der Waals surface area contributed by atoms with E-state index in [4.69, 9.17) is 4.74 Å². The summed E-state index contributed by atoms with van der Waals surface area (Å²) >= 11 is 3.33. The molecular weight excluding hydrogens is 294 g/mol. The van der Waals surface area contributed by atoms with Crippen molar-refractivity contribution in [2.75, 3.05) is 13.2 Å². The summed E-state index contributed by atoms with van der Waals surface area (Å²) in [6.45, 7) is 6.95. The van der Waals surface area contributed by atoms with Gasteiger partial charge in [0.1, 0.15) is 5.75 Å². The van der Waals surface area contributed by atoms with Crippen LogP contribution in [0.3, 0.4) is 0 Å². The fourth-order valence-corrected chi connectivity index (χ4v) is 1.59. The molecule has 0 bridgehead atoms. The van der Waals surface area contributed by atoms with Crippen LogP contribution < -0.4 is 10.1 Å². The zero-order valence-corrected chi connectivity index (χ0v) is 12.7. The van der Waals surface area contributed by atoms with E-state index in [0.29, 0.717) is 13.2 Å². The Bertz CT molecular complexity index is 382. The third kappa shape index (κ3) is 5.08. The molecule has 0 spiro atoms. The Kier molecular flexibility index (Phi) is 5.66. The first-order valence-electron chi connectivity index (χ1n) is 6.12. The van der Waals surface area contributed by atoms with Gasteiger partial charge in [-0.1, -0.05) is 28.1 Å². The predicted molar refractivity (Wildman–Crippen MR) is 77.3 cm³/mol. The number of amides is 1. The zero-order valence-electron chi connectivity index (χ0n) is 11.1. The monoisotopic (exact) mass is 313 g/mol. The van der Waals surface area contributed by atoms with E-state index >= 15 is 0 Å². The molecule has 100 valence electrons. The molecule has 1 N–H and O–H groups in total. The van der Waals surface area contributed by atoms with Crippen molar-refractivity contribution in [3.8, 4) is 5.75 Å². The molecule has 3 nitrogen and oxygen atoms in total. The highest BCUT2D eigenvalue weighted by Gasteiger charge is 2.22. The Labute approximate surface area is 117 Å². The highest BCUT2D eigenvalue weighted by atomic mass is 79.9. The van der Waals surface area contributed by atoms with Crippen LogP contribution in [0.4, 0.5) is 0 Å². The fraction of sp³-hybridized carbons (Fsp3) is 0.500. The van der Waals surface area contributed by atoms with Crippen LogP contribution in [0.5, 0.6) is 5.75 Å². The lowest BCUT2D eigenvalue weighted by atomic mass is 10.1. The van der Waals surface area contributed by atoms with Crippen LogP contribution in [-0.2, 0) is 11.2 Å². The molecule has 0 saturated heterocycles. The SMILES string of the molecule is CCOc1ccc(CCNC(=O)C(C)(C)Br)cc1. The number of alkyl halides is 1. The lowest BCUT2D eigenvalue weighted by Gasteiger charge is -2.15. The van der Waals surface area contributed by atoms with E-state index < -0.39 is 4.32 Å². The molecule has 0 radical (unpaired) electrons. The Morgan fingerprint density at radius 1 is 1.33 bits per heavy atom. The lowest BCUT2D eigenvalue weighted by Crippen LogP contribution is -2.38. The van der Waals surface area contributed by atoms with Crippen molar-refractivity contribution in [1.29, 1.82) is 0 Å². The Balaban J connectivity index is 2.38. The first-order chi connectivity index (χ1) is 8.43. The van der Waals surface area contributed by atoms with Gasteiger partial charge in [-0.05, 0) is 44.9 Å². The highest BCUT2D eigenvalue weighted by Crippen LogP contribution is 2.15. The second kappa shape index (κ2) is 6.78. The molecule has 0 saturated carbocycles. The third-order valence-electron chi connectivity index (χ3n) is 2.47. The molecular formula is C14H20BrNO2. The Hall–Kier alpha value is -1.03. The average molecular weight is 314 g/mol. The molecule has 1 aromatic carbocycles. The maximum absolute atomic E-state index is 11.6. The van der Waals surface area contributed by atoms with Crippen LogP contribution in [0, 0.1) is 0 Å². The molecule has 0 atom stereocenters. The number of benzene rings is 1. The van der Waals surface area contributed by atoms with Crippen LogP contribution in [0.1, 0.15) is 26.3 Å². The summed E-state index contributed by atoms with van der Waals surface area (Å²) in [4.78, 5) is 11.6. The topological polar surface area (TPSA) is 38.3 Å². The molecule has 0 fully saturated rings. The average Bonchev–Trinajstić information content (AvgIpc) is 2.30. The maximum atomic E-state index is 11.6. The molecule has 0 aromatic heterocycles. The summed E-state index contributed by atoms with van der Waals surface area (Å²) in [5.41, 5.74) is 1.19. The van der Waals surface area contributed by atoms with E-state index in [2.05, 4.69) is 21.2 Å². The second-order valence-electron chi connectivity index (χ2n) is 4.56. The molecule has 0 aliphatic rings. The van der Waals surface area contributed by atoms with Gasteiger partial charge in [-0.3, -0.25) is 4.79 Å². The zero-order chi connectivity index (χ0) is 13.6. The summed E-state index contributed by atoms with van der Waals surface area (Å²) in [6.07, 6.45) is 0.821. The standard InChI is InChI=1S/C14H20BrNO2/c1-4-18-12-7-5-11(6-8-12)9-10-16-13(17)14(2,3)15/h5-8H,4,9-10H2,1-3H3,(H,16,17). The number of nitrogens with one attached hydrogen (secondary N) is 1. The van der Waals surface area contributed by atoms with Gasteiger partial charge in [0.15, 0.2) is 0 Å². The number of ether oxygens (including phenoxy) is 1. The highest BCUT2D eigenvalue weighted by molar-refractivity contribution is 9.10. The van der Waals surface area contributed by atoms with Crippen molar-refractivity contribution < 1.29 is 9.53 Å². The molecule has 0 aliphatic carbocycles. The second-order valence-corrected chi connectivity index (χ2v) is 6.54.